The van der Waals surface area contributed by atoms with Crippen LogP contribution in [0.5, 0.6) is 0 Å². The van der Waals surface area contributed by atoms with Crippen molar-refractivity contribution in [3.05, 3.63) is 0 Å². The molecule has 0 aliphatic rings. The molecule has 2 heteroatoms. The van der Waals surface area contributed by atoms with Crippen molar-refractivity contribution in [3.63, 3.8) is 0 Å². The number of unbranched alkanes of at least 4 members (excludes halogenated alkanes) is 3. The second-order valence-electron chi connectivity index (χ2n) is 5.64. The predicted molar refractivity (Wildman–Crippen MR) is 81.4 cm³/mol. The molecule has 0 atom stereocenters. The molecule has 1 nitrogen and oxygen atoms in total. The molecular formula is C15H34GeO. The normalized spacial score (nSPS) is 12.0. The van der Waals surface area contributed by atoms with Gasteiger partial charge in [0.25, 0.3) is 0 Å². The standard InChI is InChI=1S/C15H34GeO/c1-4-7-11-16(12-8-5-2,13-9-6-3)14-10-15-17/h17H,4-15H2,1-3H3. The third-order valence-electron chi connectivity index (χ3n) is 4.05. The van der Waals surface area contributed by atoms with Gasteiger partial charge in [-0.1, -0.05) is 0 Å². The second-order valence-corrected chi connectivity index (χ2v) is 16.1. The number of hydrogen-bond donors (Lipinski definition) is 1. The van der Waals surface area contributed by atoms with Gasteiger partial charge in [-0.25, -0.2) is 0 Å². The van der Waals surface area contributed by atoms with E-state index in [0.717, 1.165) is 6.42 Å². The summed E-state index contributed by atoms with van der Waals surface area (Å²) in [5.74, 6) is 0. The zero-order chi connectivity index (χ0) is 13.0. The maximum absolute atomic E-state index is 9.14. The Labute approximate surface area is 112 Å². The van der Waals surface area contributed by atoms with E-state index in [4.69, 9.17) is 5.11 Å². The second kappa shape index (κ2) is 11.6. The molecule has 17 heavy (non-hydrogen) atoms. The number of aliphatic hydroxyl groups is 1. The van der Waals surface area contributed by atoms with E-state index in [1.54, 1.807) is 15.8 Å². The van der Waals surface area contributed by atoms with Gasteiger partial charge in [-0.05, 0) is 0 Å². The van der Waals surface area contributed by atoms with Crippen LogP contribution in [0.3, 0.4) is 0 Å². The number of hydrogen-bond acceptors (Lipinski definition) is 1. The molecule has 0 radical (unpaired) electrons. The molecule has 0 fully saturated rings. The molecule has 0 unspecified atom stereocenters. The quantitative estimate of drug-likeness (QED) is 0.490. The van der Waals surface area contributed by atoms with Gasteiger partial charge in [0.05, 0.1) is 0 Å². The molecule has 0 aliphatic carbocycles. The summed E-state index contributed by atoms with van der Waals surface area (Å²) in [5, 5.41) is 15.3. The molecule has 0 saturated carbocycles. The Balaban J connectivity index is 4.39. The van der Waals surface area contributed by atoms with Crippen molar-refractivity contribution in [1.29, 1.82) is 0 Å². The van der Waals surface area contributed by atoms with Crippen LogP contribution in [0.1, 0.15) is 65.7 Å². The Kier molecular flexibility index (Phi) is 11.9. The van der Waals surface area contributed by atoms with Crippen LogP contribution in [0, 0.1) is 0 Å². The summed E-state index contributed by atoms with van der Waals surface area (Å²) in [6.07, 6.45) is 9.47. The van der Waals surface area contributed by atoms with Crippen LogP contribution in [-0.4, -0.2) is 25.0 Å². The molecule has 0 saturated heterocycles. The molecule has 0 rings (SSSR count). The first-order valence-electron chi connectivity index (χ1n) is 7.85. The first kappa shape index (κ1) is 17.5. The first-order chi connectivity index (χ1) is 8.24. The molecule has 104 valence electrons. The van der Waals surface area contributed by atoms with Gasteiger partial charge in [-0.3, -0.25) is 0 Å². The van der Waals surface area contributed by atoms with Crippen molar-refractivity contribution >= 4 is 13.3 Å². The van der Waals surface area contributed by atoms with Crippen molar-refractivity contribution in [2.24, 2.45) is 0 Å². The van der Waals surface area contributed by atoms with Gasteiger partial charge in [0.2, 0.25) is 0 Å². The summed E-state index contributed by atoms with van der Waals surface area (Å²) in [4.78, 5) is 0. The maximum atomic E-state index is 9.14. The third-order valence-corrected chi connectivity index (χ3v) is 15.9. The fourth-order valence-corrected chi connectivity index (χ4v) is 14.9. The zero-order valence-electron chi connectivity index (χ0n) is 12.4. The molecule has 1 N–H and O–H groups in total. The van der Waals surface area contributed by atoms with Gasteiger partial charge < -0.3 is 0 Å². The van der Waals surface area contributed by atoms with Crippen LogP contribution in [-0.2, 0) is 0 Å². The zero-order valence-corrected chi connectivity index (χ0v) is 14.5. The molecular weight excluding hydrogens is 269 g/mol. The Hall–Kier alpha value is 0.503. The van der Waals surface area contributed by atoms with E-state index in [0.29, 0.717) is 6.61 Å². The minimum absolute atomic E-state index is 0.414. The fraction of sp³-hybridized carbons (Fsp3) is 1.00. The van der Waals surface area contributed by atoms with Gasteiger partial charge in [-0.15, -0.1) is 0 Å². The summed E-state index contributed by atoms with van der Waals surface area (Å²) in [5.41, 5.74) is 0. The molecule has 0 spiro atoms. The Morgan fingerprint density at radius 3 is 1.29 bits per heavy atom. The summed E-state index contributed by atoms with van der Waals surface area (Å²) >= 11 is -1.59. The number of rotatable bonds is 12. The van der Waals surface area contributed by atoms with E-state index in [1.807, 2.05) is 0 Å². The van der Waals surface area contributed by atoms with Crippen molar-refractivity contribution < 1.29 is 5.11 Å². The van der Waals surface area contributed by atoms with Gasteiger partial charge in [0, 0.05) is 0 Å². The van der Waals surface area contributed by atoms with Gasteiger partial charge >= 0.3 is 112 Å². The Morgan fingerprint density at radius 2 is 1.00 bits per heavy atom. The third kappa shape index (κ3) is 8.26. The molecule has 0 bridgehead atoms. The molecule has 0 aliphatic heterocycles. The molecule has 0 heterocycles. The average molecular weight is 303 g/mol. The van der Waals surface area contributed by atoms with Crippen LogP contribution < -0.4 is 0 Å². The van der Waals surface area contributed by atoms with Gasteiger partial charge in [0.1, 0.15) is 0 Å². The monoisotopic (exact) mass is 304 g/mol. The molecule has 0 aromatic carbocycles. The van der Waals surface area contributed by atoms with Crippen LogP contribution in [0.25, 0.3) is 0 Å². The SMILES string of the molecule is CCC[CH2][Ge]([CH2]CCC)([CH2]CCC)[CH2]CCO. The van der Waals surface area contributed by atoms with Crippen LogP contribution in [0.15, 0.2) is 0 Å². The van der Waals surface area contributed by atoms with E-state index in [1.165, 1.54) is 43.8 Å². The van der Waals surface area contributed by atoms with Crippen molar-refractivity contribution in [1.82, 2.24) is 0 Å². The van der Waals surface area contributed by atoms with Crippen LogP contribution in [0.4, 0.5) is 0 Å². The Bertz CT molecular complexity index is 121. The van der Waals surface area contributed by atoms with Gasteiger partial charge in [-0.2, -0.15) is 0 Å². The van der Waals surface area contributed by atoms with Gasteiger partial charge in [0.15, 0.2) is 0 Å². The summed E-state index contributed by atoms with van der Waals surface area (Å²) in [7, 11) is 0. The average Bonchev–Trinajstić information content (AvgIpc) is 2.37. The van der Waals surface area contributed by atoms with E-state index < -0.39 is 13.3 Å². The van der Waals surface area contributed by atoms with Crippen molar-refractivity contribution in [2.45, 2.75) is 86.7 Å². The van der Waals surface area contributed by atoms with E-state index in [2.05, 4.69) is 20.8 Å². The summed E-state index contributed by atoms with van der Waals surface area (Å²) in [6.45, 7) is 7.37. The summed E-state index contributed by atoms with van der Waals surface area (Å²) < 4.78 is 0. The van der Waals surface area contributed by atoms with E-state index >= 15 is 0 Å². The Morgan fingerprint density at radius 1 is 0.647 bits per heavy atom. The van der Waals surface area contributed by atoms with Crippen molar-refractivity contribution in [2.75, 3.05) is 6.61 Å². The predicted octanol–water partition coefficient (Wildman–Crippen LogP) is 5.22. The molecule has 0 amide bonds. The van der Waals surface area contributed by atoms with Crippen molar-refractivity contribution in [3.8, 4) is 0 Å². The van der Waals surface area contributed by atoms with Crippen LogP contribution in [0.2, 0.25) is 21.0 Å². The molecule has 0 aromatic rings. The summed E-state index contributed by atoms with van der Waals surface area (Å²) in [6, 6.07) is 0. The minimum atomic E-state index is -1.59. The van der Waals surface area contributed by atoms with E-state index in [-0.39, 0.29) is 0 Å². The van der Waals surface area contributed by atoms with E-state index in [9.17, 15) is 0 Å². The topological polar surface area (TPSA) is 20.2 Å². The van der Waals surface area contributed by atoms with Crippen LogP contribution >= 0.6 is 0 Å². The first-order valence-corrected chi connectivity index (χ1v) is 13.8. The number of aliphatic hydroxyl groups excluding tert-OH is 1. The fourth-order valence-electron chi connectivity index (χ4n) is 2.86. The molecule has 0 aromatic heterocycles.